The second-order valence-electron chi connectivity index (χ2n) is 9.29. The largest absolute Gasteiger partial charge is 0.315 e. The highest BCUT2D eigenvalue weighted by atomic mass is 35.5. The quantitative estimate of drug-likeness (QED) is 0.634. The van der Waals surface area contributed by atoms with Crippen LogP contribution in [0.25, 0.3) is 0 Å². The molecule has 3 heterocycles. The number of likely N-dealkylation sites (tertiary alicyclic amines) is 1. The van der Waals surface area contributed by atoms with Crippen molar-refractivity contribution in [2.24, 2.45) is 5.92 Å². The lowest BCUT2D eigenvalue weighted by molar-refractivity contribution is 0.0209. The molecule has 4 fully saturated rings. The van der Waals surface area contributed by atoms with Gasteiger partial charge in [-0.15, -0.1) is 0 Å². The Morgan fingerprint density at radius 2 is 1.28 bits per heavy atom. The topological polar surface area (TPSA) is 15.3 Å². The first kappa shape index (κ1) is 19.9. The lowest BCUT2D eigenvalue weighted by Crippen LogP contribution is -2.57. The highest BCUT2D eigenvalue weighted by Crippen LogP contribution is 2.53. The number of hydrogen-bond acceptors (Lipinski definition) is 2. The van der Waals surface area contributed by atoms with Gasteiger partial charge in [0.05, 0.1) is 0 Å². The van der Waals surface area contributed by atoms with E-state index < -0.39 is 0 Å². The summed E-state index contributed by atoms with van der Waals surface area (Å²) in [7, 11) is 0. The van der Waals surface area contributed by atoms with Crippen LogP contribution in [-0.4, -0.2) is 36.6 Å². The van der Waals surface area contributed by atoms with Crippen molar-refractivity contribution in [2.75, 3.05) is 26.2 Å². The van der Waals surface area contributed by atoms with Crippen molar-refractivity contribution in [3.63, 3.8) is 0 Å². The van der Waals surface area contributed by atoms with Gasteiger partial charge in [-0.1, -0.05) is 53.9 Å². The molecule has 2 unspecified atom stereocenters. The molecule has 1 aliphatic carbocycles. The van der Waals surface area contributed by atoms with E-state index in [1.807, 2.05) is 0 Å². The standard InChI is InChI=1S/C25H30Cl2N2/c26-20-8-4-18(5-9-20)22-14-25(29-12-2-1-3-13-29)15-23(24(22)16-28-17-25)19-6-10-21(27)11-7-19/h4-11,22-24,28H,1-3,12-17H2. The predicted octanol–water partition coefficient (Wildman–Crippen LogP) is 6.10. The van der Waals surface area contributed by atoms with Gasteiger partial charge in [-0.2, -0.15) is 0 Å². The molecule has 0 amide bonds. The molecule has 4 aliphatic rings. The molecule has 0 radical (unpaired) electrons. The van der Waals surface area contributed by atoms with E-state index in [4.69, 9.17) is 23.2 Å². The van der Waals surface area contributed by atoms with Gasteiger partial charge in [0.2, 0.25) is 0 Å². The normalized spacial score (nSPS) is 32.8. The Kier molecular flexibility index (Phi) is 5.64. The van der Waals surface area contributed by atoms with Crippen LogP contribution in [0.2, 0.25) is 10.0 Å². The first-order valence-corrected chi connectivity index (χ1v) is 11.9. The first-order valence-electron chi connectivity index (χ1n) is 11.1. The van der Waals surface area contributed by atoms with Crippen molar-refractivity contribution >= 4 is 23.2 Å². The SMILES string of the molecule is Clc1ccc(C2CC3(N4CCCCC4)CNCC2C(c2ccc(Cl)cc2)C3)cc1. The molecule has 1 saturated carbocycles. The number of nitrogens with zero attached hydrogens (tertiary/aromatic N) is 1. The van der Waals surface area contributed by atoms with Crippen LogP contribution in [0.5, 0.6) is 0 Å². The number of halogens is 2. The van der Waals surface area contributed by atoms with E-state index in [2.05, 4.69) is 58.7 Å². The van der Waals surface area contributed by atoms with Gasteiger partial charge in [0.25, 0.3) is 0 Å². The molecule has 3 saturated heterocycles. The molecule has 1 N–H and O–H groups in total. The third kappa shape index (κ3) is 3.85. The monoisotopic (exact) mass is 428 g/mol. The molecule has 4 heteroatoms. The number of fused-ring (bicyclic) bond motifs is 4. The molecule has 2 nitrogen and oxygen atoms in total. The van der Waals surface area contributed by atoms with Crippen LogP contribution in [0, 0.1) is 5.92 Å². The Morgan fingerprint density at radius 1 is 0.759 bits per heavy atom. The number of rotatable bonds is 3. The smallest absolute Gasteiger partial charge is 0.0406 e. The molecular weight excluding hydrogens is 399 g/mol. The summed E-state index contributed by atoms with van der Waals surface area (Å²) in [5.41, 5.74) is 3.13. The second-order valence-corrected chi connectivity index (χ2v) is 10.2. The van der Waals surface area contributed by atoms with Crippen molar-refractivity contribution in [1.29, 1.82) is 0 Å². The predicted molar refractivity (Wildman–Crippen MR) is 122 cm³/mol. The second kappa shape index (κ2) is 8.23. The Bertz CT molecular complexity index is 771. The molecule has 2 aromatic rings. The minimum atomic E-state index is 0.238. The van der Waals surface area contributed by atoms with Gasteiger partial charge >= 0.3 is 0 Å². The molecule has 3 aliphatic heterocycles. The van der Waals surface area contributed by atoms with Crippen LogP contribution in [0.3, 0.4) is 0 Å². The van der Waals surface area contributed by atoms with Crippen molar-refractivity contribution in [3.8, 4) is 0 Å². The van der Waals surface area contributed by atoms with E-state index in [0.717, 1.165) is 23.1 Å². The minimum absolute atomic E-state index is 0.238. The van der Waals surface area contributed by atoms with E-state index in [0.29, 0.717) is 17.8 Å². The molecule has 2 aromatic carbocycles. The zero-order valence-electron chi connectivity index (χ0n) is 16.9. The van der Waals surface area contributed by atoms with Crippen molar-refractivity contribution < 1.29 is 0 Å². The summed E-state index contributed by atoms with van der Waals surface area (Å²) in [4.78, 5) is 2.83. The average molecular weight is 429 g/mol. The fourth-order valence-electron chi connectivity index (χ4n) is 6.27. The Balaban J connectivity index is 1.56. The van der Waals surface area contributed by atoms with E-state index in [1.165, 1.54) is 56.3 Å². The molecule has 2 atom stereocenters. The summed E-state index contributed by atoms with van der Waals surface area (Å²) in [6, 6.07) is 17.3. The number of nitrogens with one attached hydrogen (secondary N) is 1. The molecular formula is C25H30Cl2N2. The molecule has 0 spiro atoms. The summed E-state index contributed by atoms with van der Waals surface area (Å²) in [6.07, 6.45) is 6.54. The van der Waals surface area contributed by atoms with Crippen LogP contribution in [0.1, 0.15) is 55.1 Å². The van der Waals surface area contributed by atoms with E-state index >= 15 is 0 Å². The van der Waals surface area contributed by atoms with Crippen molar-refractivity contribution in [1.82, 2.24) is 10.2 Å². The number of benzene rings is 2. The molecule has 154 valence electrons. The van der Waals surface area contributed by atoms with E-state index in [9.17, 15) is 0 Å². The van der Waals surface area contributed by atoms with Gasteiger partial charge in [-0.25, -0.2) is 0 Å². The van der Waals surface area contributed by atoms with Crippen LogP contribution in [-0.2, 0) is 0 Å². The van der Waals surface area contributed by atoms with Gasteiger partial charge in [-0.3, -0.25) is 4.90 Å². The van der Waals surface area contributed by atoms with Gasteiger partial charge < -0.3 is 5.32 Å². The van der Waals surface area contributed by atoms with Crippen molar-refractivity contribution in [2.45, 2.75) is 49.5 Å². The summed E-state index contributed by atoms with van der Waals surface area (Å²) < 4.78 is 0. The Hall–Kier alpha value is -1.06. The molecule has 0 aromatic heterocycles. The Morgan fingerprint density at radius 3 is 1.79 bits per heavy atom. The Labute approximate surface area is 184 Å². The average Bonchev–Trinajstić information content (AvgIpc) is 3.07. The van der Waals surface area contributed by atoms with Crippen LogP contribution in [0.4, 0.5) is 0 Å². The third-order valence-corrected chi connectivity index (χ3v) is 8.19. The lowest BCUT2D eigenvalue weighted by Gasteiger charge is -2.52. The zero-order valence-corrected chi connectivity index (χ0v) is 18.4. The molecule has 29 heavy (non-hydrogen) atoms. The third-order valence-electron chi connectivity index (χ3n) is 7.69. The van der Waals surface area contributed by atoms with Gasteiger partial charge in [0.15, 0.2) is 0 Å². The van der Waals surface area contributed by atoms with Crippen LogP contribution < -0.4 is 5.32 Å². The first-order chi connectivity index (χ1) is 14.1. The number of hydrogen-bond donors (Lipinski definition) is 1. The zero-order chi connectivity index (χ0) is 19.8. The summed E-state index contributed by atoms with van der Waals surface area (Å²) >= 11 is 12.4. The maximum absolute atomic E-state index is 6.22. The fourth-order valence-corrected chi connectivity index (χ4v) is 6.53. The van der Waals surface area contributed by atoms with Gasteiger partial charge in [-0.05, 0) is 98.5 Å². The highest BCUT2D eigenvalue weighted by Gasteiger charge is 2.51. The molecule has 2 bridgehead atoms. The van der Waals surface area contributed by atoms with Gasteiger partial charge in [0, 0.05) is 22.1 Å². The summed E-state index contributed by atoms with van der Waals surface area (Å²) in [5, 5.41) is 5.53. The summed E-state index contributed by atoms with van der Waals surface area (Å²) in [5.74, 6) is 1.70. The van der Waals surface area contributed by atoms with E-state index in [1.54, 1.807) is 0 Å². The summed E-state index contributed by atoms with van der Waals surface area (Å²) in [6.45, 7) is 4.67. The highest BCUT2D eigenvalue weighted by molar-refractivity contribution is 6.30. The lowest BCUT2D eigenvalue weighted by atomic mass is 9.61. The van der Waals surface area contributed by atoms with E-state index in [-0.39, 0.29) is 5.54 Å². The molecule has 6 rings (SSSR count). The fraction of sp³-hybridized carbons (Fsp3) is 0.520. The minimum Gasteiger partial charge on any atom is -0.315 e. The van der Waals surface area contributed by atoms with Gasteiger partial charge in [0.1, 0.15) is 0 Å². The maximum atomic E-state index is 6.22. The maximum Gasteiger partial charge on any atom is 0.0406 e. The van der Waals surface area contributed by atoms with Crippen LogP contribution in [0.15, 0.2) is 48.5 Å². The van der Waals surface area contributed by atoms with Crippen LogP contribution >= 0.6 is 23.2 Å². The van der Waals surface area contributed by atoms with Crippen molar-refractivity contribution in [3.05, 3.63) is 69.7 Å². The number of piperidine rings is 1.